The first kappa shape index (κ1) is 17.9. The van der Waals surface area contributed by atoms with Crippen LogP contribution in [0.5, 0.6) is 0 Å². The van der Waals surface area contributed by atoms with Crippen molar-refractivity contribution in [2.45, 2.75) is 96.4 Å². The predicted octanol–water partition coefficient (Wildman–Crippen LogP) is 4.91. The summed E-state index contributed by atoms with van der Waals surface area (Å²) in [6.07, 6.45) is 11.9. The first-order valence-corrected chi connectivity index (χ1v) is 11.4. The first-order valence-electron chi connectivity index (χ1n) is 11.4. The lowest BCUT2D eigenvalue weighted by atomic mass is 9.44. The highest BCUT2D eigenvalue weighted by Gasteiger charge is 2.67. The number of hydrogen-bond donors (Lipinski definition) is 1. The van der Waals surface area contributed by atoms with Gasteiger partial charge in [-0.25, -0.2) is 0 Å². The highest BCUT2D eigenvalue weighted by molar-refractivity contribution is 5.13. The second-order valence-corrected chi connectivity index (χ2v) is 10.9. The largest absolute Gasteiger partial charge is 0.390 e. The number of hydrogen-bond acceptors (Lipinski definition) is 3. The normalized spacial score (nSPS) is 55.4. The van der Waals surface area contributed by atoms with Gasteiger partial charge in [0.2, 0.25) is 0 Å². The van der Waals surface area contributed by atoms with Crippen LogP contribution >= 0.6 is 0 Å². The Hall–Kier alpha value is -0.120. The molecule has 3 nitrogen and oxygen atoms in total. The van der Waals surface area contributed by atoms with E-state index < -0.39 is 0 Å². The van der Waals surface area contributed by atoms with Crippen LogP contribution in [0.15, 0.2) is 0 Å². The van der Waals surface area contributed by atoms with Gasteiger partial charge in [0.25, 0.3) is 0 Å². The van der Waals surface area contributed by atoms with E-state index in [2.05, 4.69) is 20.8 Å². The molecule has 4 saturated carbocycles. The van der Waals surface area contributed by atoms with E-state index in [9.17, 15) is 5.11 Å². The molecule has 1 heterocycles. The number of rotatable bonds is 1. The van der Waals surface area contributed by atoms with E-state index in [1.54, 1.807) is 0 Å². The minimum absolute atomic E-state index is 0.215. The van der Waals surface area contributed by atoms with Crippen molar-refractivity contribution in [3.63, 3.8) is 0 Å². The third kappa shape index (κ3) is 2.17. The van der Waals surface area contributed by atoms with Crippen LogP contribution < -0.4 is 0 Å². The maximum Gasteiger partial charge on any atom is 0.174 e. The van der Waals surface area contributed by atoms with Crippen LogP contribution in [0.3, 0.4) is 0 Å². The van der Waals surface area contributed by atoms with Crippen LogP contribution in [0.2, 0.25) is 0 Å². The standard InChI is InChI=1S/C23H38O3/c1-4-22(24)12-11-20(2)16(15-22)5-6-17-18(20)7-9-21(3)19(17)8-10-23(21)25-13-14-26-23/h16-19,24H,4-15H2,1-3H3/t16-,17-,18+,19-,20-,21-,22+/m0/s1. The Bertz CT molecular complexity index is 570. The molecule has 0 aromatic rings. The highest BCUT2D eigenvalue weighted by Crippen LogP contribution is 2.70. The maximum atomic E-state index is 10.9. The third-order valence-electron chi connectivity index (χ3n) is 10.3. The predicted molar refractivity (Wildman–Crippen MR) is 102 cm³/mol. The van der Waals surface area contributed by atoms with Crippen molar-refractivity contribution in [3.8, 4) is 0 Å². The fourth-order valence-electron chi connectivity index (χ4n) is 8.53. The summed E-state index contributed by atoms with van der Waals surface area (Å²) >= 11 is 0. The van der Waals surface area contributed by atoms with Crippen LogP contribution in [-0.4, -0.2) is 29.7 Å². The van der Waals surface area contributed by atoms with Crippen LogP contribution in [0.1, 0.15) is 85.0 Å². The van der Waals surface area contributed by atoms with E-state index in [-0.39, 0.29) is 16.8 Å². The second kappa shape index (κ2) is 5.70. The number of ether oxygens (including phenoxy) is 2. The van der Waals surface area contributed by atoms with E-state index >= 15 is 0 Å². The molecular weight excluding hydrogens is 324 g/mol. The van der Waals surface area contributed by atoms with Crippen LogP contribution in [0.4, 0.5) is 0 Å². The Balaban J connectivity index is 1.42. The molecule has 0 aromatic heterocycles. The van der Waals surface area contributed by atoms with Crippen LogP contribution in [0, 0.1) is 34.5 Å². The Labute approximate surface area is 159 Å². The van der Waals surface area contributed by atoms with Crippen LogP contribution in [0.25, 0.3) is 0 Å². The summed E-state index contributed by atoms with van der Waals surface area (Å²) in [5.41, 5.74) is 0.272. The summed E-state index contributed by atoms with van der Waals surface area (Å²) in [5.74, 6) is 2.91. The molecule has 7 atom stereocenters. The molecule has 0 bridgehead atoms. The molecule has 148 valence electrons. The number of aliphatic hydroxyl groups is 1. The fourth-order valence-corrected chi connectivity index (χ4v) is 8.53. The second-order valence-electron chi connectivity index (χ2n) is 10.9. The topological polar surface area (TPSA) is 38.7 Å². The van der Waals surface area contributed by atoms with Gasteiger partial charge in [-0.3, -0.25) is 0 Å². The van der Waals surface area contributed by atoms with Crippen molar-refractivity contribution in [3.05, 3.63) is 0 Å². The molecule has 0 amide bonds. The van der Waals surface area contributed by atoms with Gasteiger partial charge in [0.05, 0.1) is 18.8 Å². The average Bonchev–Trinajstić information content (AvgIpc) is 3.22. The lowest BCUT2D eigenvalue weighted by Gasteiger charge is -2.62. The molecular formula is C23H38O3. The Kier molecular flexibility index (Phi) is 3.94. The van der Waals surface area contributed by atoms with Gasteiger partial charge >= 0.3 is 0 Å². The van der Waals surface area contributed by atoms with Crippen molar-refractivity contribution in [2.75, 3.05) is 13.2 Å². The van der Waals surface area contributed by atoms with E-state index in [4.69, 9.17) is 9.47 Å². The maximum absolute atomic E-state index is 10.9. The average molecular weight is 363 g/mol. The fraction of sp³-hybridized carbons (Fsp3) is 1.00. The monoisotopic (exact) mass is 362 g/mol. The molecule has 0 aromatic carbocycles. The zero-order valence-corrected chi connectivity index (χ0v) is 17.1. The van der Waals surface area contributed by atoms with Crippen LogP contribution in [-0.2, 0) is 9.47 Å². The number of fused-ring (bicyclic) bond motifs is 6. The summed E-state index contributed by atoms with van der Waals surface area (Å²) < 4.78 is 12.5. The molecule has 4 aliphatic carbocycles. The molecule has 1 aliphatic heterocycles. The Morgan fingerprint density at radius 1 is 0.885 bits per heavy atom. The molecule has 3 heteroatoms. The minimum Gasteiger partial charge on any atom is -0.390 e. The van der Waals surface area contributed by atoms with Gasteiger partial charge in [-0.2, -0.15) is 0 Å². The van der Waals surface area contributed by atoms with Crippen molar-refractivity contribution in [1.29, 1.82) is 0 Å². The molecule has 0 unspecified atom stereocenters. The molecule has 0 radical (unpaired) electrons. The van der Waals surface area contributed by atoms with Gasteiger partial charge in [0.15, 0.2) is 5.79 Å². The lowest BCUT2D eigenvalue weighted by Crippen LogP contribution is -2.58. The molecule has 26 heavy (non-hydrogen) atoms. The van der Waals surface area contributed by atoms with Gasteiger partial charge in [0.1, 0.15) is 0 Å². The first-order chi connectivity index (χ1) is 12.4. The van der Waals surface area contributed by atoms with Gasteiger partial charge in [0, 0.05) is 11.8 Å². The van der Waals surface area contributed by atoms with E-state index in [1.807, 2.05) is 0 Å². The van der Waals surface area contributed by atoms with Gasteiger partial charge in [-0.15, -0.1) is 0 Å². The molecule has 5 aliphatic rings. The van der Waals surface area contributed by atoms with Gasteiger partial charge < -0.3 is 14.6 Å². The van der Waals surface area contributed by atoms with Crippen molar-refractivity contribution in [1.82, 2.24) is 0 Å². The lowest BCUT2D eigenvalue weighted by molar-refractivity contribution is -0.249. The Morgan fingerprint density at radius 2 is 1.62 bits per heavy atom. The van der Waals surface area contributed by atoms with E-state index in [0.29, 0.717) is 5.41 Å². The summed E-state index contributed by atoms with van der Waals surface area (Å²) in [5, 5.41) is 10.9. The SMILES string of the molecule is CC[C@@]1(O)CC[C@@]2(C)[C@@H](CC[C@H]3[C@H]2CC[C@@]2(C)[C@H]3CCC23OCCO3)C1. The van der Waals surface area contributed by atoms with Gasteiger partial charge in [-0.05, 0) is 86.9 Å². The molecule has 5 rings (SSSR count). The molecule has 1 N–H and O–H groups in total. The molecule has 5 fully saturated rings. The summed E-state index contributed by atoms with van der Waals surface area (Å²) in [7, 11) is 0. The summed E-state index contributed by atoms with van der Waals surface area (Å²) in [4.78, 5) is 0. The third-order valence-corrected chi connectivity index (χ3v) is 10.3. The quantitative estimate of drug-likeness (QED) is 0.720. The summed E-state index contributed by atoms with van der Waals surface area (Å²) in [6, 6.07) is 0. The van der Waals surface area contributed by atoms with Crippen molar-refractivity contribution >= 4 is 0 Å². The zero-order valence-electron chi connectivity index (χ0n) is 17.1. The Morgan fingerprint density at radius 3 is 2.35 bits per heavy atom. The van der Waals surface area contributed by atoms with E-state index in [0.717, 1.165) is 62.6 Å². The zero-order chi connectivity index (χ0) is 18.2. The molecule has 1 saturated heterocycles. The minimum atomic E-state index is -0.386. The van der Waals surface area contributed by atoms with Gasteiger partial charge in [-0.1, -0.05) is 20.8 Å². The highest BCUT2D eigenvalue weighted by atomic mass is 16.7. The van der Waals surface area contributed by atoms with Crippen molar-refractivity contribution in [2.24, 2.45) is 34.5 Å². The van der Waals surface area contributed by atoms with E-state index in [1.165, 1.54) is 38.5 Å². The molecule has 1 spiro atoms. The van der Waals surface area contributed by atoms with Crippen molar-refractivity contribution < 1.29 is 14.6 Å². The summed E-state index contributed by atoms with van der Waals surface area (Å²) in [6.45, 7) is 8.80. The smallest absolute Gasteiger partial charge is 0.174 e.